The number of aldehydes is 1. The molecule has 16 heavy (non-hydrogen) atoms. The van der Waals surface area contributed by atoms with Crippen LogP contribution in [0.15, 0.2) is 36.7 Å². The molecule has 1 aromatic carbocycles. The summed E-state index contributed by atoms with van der Waals surface area (Å²) in [7, 11) is 0. The van der Waals surface area contributed by atoms with Crippen LogP contribution in [-0.2, 0) is 11.2 Å². The predicted molar refractivity (Wildman–Crippen MR) is 63.0 cm³/mol. The molecule has 0 amide bonds. The number of rotatable bonds is 4. The Kier molecular flexibility index (Phi) is 3.37. The maximum absolute atomic E-state index is 10.3. The summed E-state index contributed by atoms with van der Waals surface area (Å²) in [5, 5.41) is 4.76. The summed E-state index contributed by atoms with van der Waals surface area (Å²) in [6, 6.07) is 7.60. The first-order valence-corrected chi connectivity index (χ1v) is 5.41. The molecule has 2 rings (SSSR count). The molecule has 0 saturated heterocycles. The maximum atomic E-state index is 10.3. The van der Waals surface area contributed by atoms with Crippen LogP contribution in [0.4, 0.5) is 0 Å². The first-order valence-electron chi connectivity index (χ1n) is 5.03. The van der Waals surface area contributed by atoms with Crippen LogP contribution in [0.5, 0.6) is 0 Å². The second kappa shape index (κ2) is 4.94. The average Bonchev–Trinajstić information content (AvgIpc) is 2.80. The Morgan fingerprint density at radius 2 is 2.31 bits per heavy atom. The van der Waals surface area contributed by atoms with E-state index in [2.05, 4.69) is 5.10 Å². The summed E-state index contributed by atoms with van der Waals surface area (Å²) >= 11 is 6.15. The van der Waals surface area contributed by atoms with Crippen LogP contribution in [0.1, 0.15) is 12.0 Å². The van der Waals surface area contributed by atoms with E-state index >= 15 is 0 Å². The summed E-state index contributed by atoms with van der Waals surface area (Å²) < 4.78 is 1.71. The molecule has 1 heterocycles. The standard InChI is InChI=1S/C12H11ClN2O/c13-11-9-10(3-1-8-16)4-5-12(11)15-7-2-6-14-15/h2,4-9H,1,3H2. The van der Waals surface area contributed by atoms with Gasteiger partial charge < -0.3 is 4.79 Å². The highest BCUT2D eigenvalue weighted by molar-refractivity contribution is 6.32. The van der Waals surface area contributed by atoms with E-state index in [0.717, 1.165) is 24.0 Å². The SMILES string of the molecule is O=CCCc1ccc(-n2cccn2)c(Cl)c1. The van der Waals surface area contributed by atoms with E-state index in [1.165, 1.54) is 0 Å². The molecule has 0 aliphatic carbocycles. The third-order valence-electron chi connectivity index (χ3n) is 2.31. The van der Waals surface area contributed by atoms with Crippen molar-refractivity contribution in [2.24, 2.45) is 0 Å². The lowest BCUT2D eigenvalue weighted by Crippen LogP contribution is -1.96. The Morgan fingerprint density at radius 3 is 2.94 bits per heavy atom. The number of aryl methyl sites for hydroxylation is 1. The monoisotopic (exact) mass is 234 g/mol. The van der Waals surface area contributed by atoms with Crippen molar-refractivity contribution in [3.63, 3.8) is 0 Å². The summed E-state index contributed by atoms with van der Waals surface area (Å²) in [6.45, 7) is 0. The second-order valence-electron chi connectivity index (χ2n) is 3.44. The number of nitrogens with zero attached hydrogens (tertiary/aromatic N) is 2. The first kappa shape index (κ1) is 10.9. The number of aromatic nitrogens is 2. The van der Waals surface area contributed by atoms with Gasteiger partial charge in [0, 0.05) is 18.8 Å². The van der Waals surface area contributed by atoms with Crippen LogP contribution in [0, 0.1) is 0 Å². The normalized spacial score (nSPS) is 10.3. The molecule has 0 atom stereocenters. The van der Waals surface area contributed by atoms with Crippen molar-refractivity contribution in [1.29, 1.82) is 0 Å². The van der Waals surface area contributed by atoms with Gasteiger partial charge in [-0.1, -0.05) is 17.7 Å². The van der Waals surface area contributed by atoms with Gasteiger partial charge in [0.05, 0.1) is 10.7 Å². The number of benzene rings is 1. The van der Waals surface area contributed by atoms with Gasteiger partial charge in [0.1, 0.15) is 6.29 Å². The zero-order chi connectivity index (χ0) is 11.4. The minimum absolute atomic E-state index is 0.525. The largest absolute Gasteiger partial charge is 0.303 e. The van der Waals surface area contributed by atoms with Crippen molar-refractivity contribution < 1.29 is 4.79 Å². The highest BCUT2D eigenvalue weighted by Crippen LogP contribution is 2.21. The highest BCUT2D eigenvalue weighted by Gasteiger charge is 2.03. The van der Waals surface area contributed by atoms with Gasteiger partial charge in [0.15, 0.2) is 0 Å². The van der Waals surface area contributed by atoms with Crippen molar-refractivity contribution in [2.45, 2.75) is 12.8 Å². The predicted octanol–water partition coefficient (Wildman–Crippen LogP) is 2.66. The van der Waals surface area contributed by atoms with E-state index in [1.54, 1.807) is 10.9 Å². The second-order valence-corrected chi connectivity index (χ2v) is 3.85. The smallest absolute Gasteiger partial charge is 0.120 e. The molecule has 0 unspecified atom stereocenters. The first-order chi connectivity index (χ1) is 7.81. The van der Waals surface area contributed by atoms with Crippen molar-refractivity contribution in [1.82, 2.24) is 9.78 Å². The van der Waals surface area contributed by atoms with Crippen LogP contribution < -0.4 is 0 Å². The fourth-order valence-corrected chi connectivity index (χ4v) is 1.82. The molecule has 0 aliphatic heterocycles. The van der Waals surface area contributed by atoms with Crippen LogP contribution in [-0.4, -0.2) is 16.1 Å². The molecule has 0 fully saturated rings. The molecule has 3 nitrogen and oxygen atoms in total. The molecule has 0 bridgehead atoms. The number of hydrogen-bond donors (Lipinski definition) is 0. The van der Waals surface area contributed by atoms with Crippen LogP contribution in [0.25, 0.3) is 5.69 Å². The van der Waals surface area contributed by atoms with E-state index in [-0.39, 0.29) is 0 Å². The van der Waals surface area contributed by atoms with Crippen molar-refractivity contribution in [3.05, 3.63) is 47.2 Å². The van der Waals surface area contributed by atoms with Gasteiger partial charge in [-0.3, -0.25) is 0 Å². The Bertz CT molecular complexity index is 480. The zero-order valence-electron chi connectivity index (χ0n) is 8.64. The van der Waals surface area contributed by atoms with Gasteiger partial charge in [-0.05, 0) is 30.2 Å². The molecular formula is C12H11ClN2O. The molecule has 1 aromatic heterocycles. The minimum atomic E-state index is 0.525. The van der Waals surface area contributed by atoms with Gasteiger partial charge in [-0.15, -0.1) is 0 Å². The maximum Gasteiger partial charge on any atom is 0.120 e. The fraction of sp³-hybridized carbons (Fsp3) is 0.167. The molecule has 2 aromatic rings. The summed E-state index contributed by atoms with van der Waals surface area (Å²) in [5.74, 6) is 0. The van der Waals surface area contributed by atoms with Crippen LogP contribution in [0.2, 0.25) is 5.02 Å². The quantitative estimate of drug-likeness (QED) is 0.763. The molecule has 4 heteroatoms. The van der Waals surface area contributed by atoms with E-state index in [0.29, 0.717) is 11.4 Å². The lowest BCUT2D eigenvalue weighted by atomic mass is 10.1. The summed E-state index contributed by atoms with van der Waals surface area (Å²) in [6.07, 6.45) is 5.71. The Morgan fingerprint density at radius 1 is 1.44 bits per heavy atom. The van der Waals surface area contributed by atoms with Gasteiger partial charge in [-0.2, -0.15) is 5.10 Å². The molecule has 0 spiro atoms. The molecular weight excluding hydrogens is 224 g/mol. The van der Waals surface area contributed by atoms with E-state index in [1.807, 2.05) is 30.5 Å². The van der Waals surface area contributed by atoms with Crippen molar-refractivity contribution in [3.8, 4) is 5.69 Å². The van der Waals surface area contributed by atoms with E-state index in [4.69, 9.17) is 11.6 Å². The highest BCUT2D eigenvalue weighted by atomic mass is 35.5. The molecule has 0 radical (unpaired) electrons. The van der Waals surface area contributed by atoms with Crippen LogP contribution in [0.3, 0.4) is 0 Å². The number of carbonyl (C=O) groups is 1. The zero-order valence-corrected chi connectivity index (χ0v) is 9.39. The topological polar surface area (TPSA) is 34.9 Å². The van der Waals surface area contributed by atoms with E-state index in [9.17, 15) is 4.79 Å². The van der Waals surface area contributed by atoms with Crippen LogP contribution >= 0.6 is 11.6 Å². The number of halogens is 1. The van der Waals surface area contributed by atoms with Crippen molar-refractivity contribution in [2.75, 3.05) is 0 Å². The number of hydrogen-bond acceptors (Lipinski definition) is 2. The Hall–Kier alpha value is -1.61. The molecule has 0 N–H and O–H groups in total. The van der Waals surface area contributed by atoms with Gasteiger partial charge in [0.2, 0.25) is 0 Å². The summed E-state index contributed by atoms with van der Waals surface area (Å²) in [5.41, 5.74) is 1.91. The lowest BCUT2D eigenvalue weighted by Gasteiger charge is -2.06. The fourth-order valence-electron chi connectivity index (χ4n) is 1.53. The molecule has 0 saturated carbocycles. The van der Waals surface area contributed by atoms with Gasteiger partial charge >= 0.3 is 0 Å². The molecule has 0 aliphatic rings. The van der Waals surface area contributed by atoms with Crippen molar-refractivity contribution >= 4 is 17.9 Å². The van der Waals surface area contributed by atoms with Gasteiger partial charge in [0.25, 0.3) is 0 Å². The minimum Gasteiger partial charge on any atom is -0.303 e. The molecule has 82 valence electrons. The third kappa shape index (κ3) is 2.31. The van der Waals surface area contributed by atoms with E-state index < -0.39 is 0 Å². The number of carbonyl (C=O) groups excluding carboxylic acids is 1. The van der Waals surface area contributed by atoms with Gasteiger partial charge in [-0.25, -0.2) is 4.68 Å². The third-order valence-corrected chi connectivity index (χ3v) is 2.62. The Labute approximate surface area is 98.7 Å². The Balaban J connectivity index is 2.26. The summed E-state index contributed by atoms with van der Waals surface area (Å²) in [4.78, 5) is 10.3. The average molecular weight is 235 g/mol. The lowest BCUT2D eigenvalue weighted by molar-refractivity contribution is -0.107.